The van der Waals surface area contributed by atoms with Crippen molar-refractivity contribution in [1.29, 1.82) is 0 Å². The summed E-state index contributed by atoms with van der Waals surface area (Å²) in [6, 6.07) is 0.243. The summed E-state index contributed by atoms with van der Waals surface area (Å²) in [5, 5.41) is 14.2. The maximum Gasteiger partial charge on any atom is 0.233 e. The Balaban J connectivity index is 3.50. The topological polar surface area (TPSA) is 61.4 Å². The van der Waals surface area contributed by atoms with Crippen LogP contribution in [0.2, 0.25) is 0 Å². The Kier molecular flexibility index (Phi) is 6.70. The summed E-state index contributed by atoms with van der Waals surface area (Å²) in [6.07, 6.45) is 1.63. The van der Waals surface area contributed by atoms with E-state index in [9.17, 15) is 4.79 Å². The molecule has 1 atom stereocenters. The van der Waals surface area contributed by atoms with Crippen LogP contribution in [0, 0.1) is 0 Å². The molecular weight excluding hydrogens is 156 g/mol. The van der Waals surface area contributed by atoms with Gasteiger partial charge in [0.05, 0.1) is 6.54 Å². The van der Waals surface area contributed by atoms with Gasteiger partial charge < -0.3 is 15.7 Å². The molecule has 12 heavy (non-hydrogen) atoms. The summed E-state index contributed by atoms with van der Waals surface area (Å²) >= 11 is 0. The van der Waals surface area contributed by atoms with Crippen molar-refractivity contribution in [2.45, 2.75) is 25.8 Å². The number of aliphatic hydroxyl groups is 1. The highest BCUT2D eigenvalue weighted by Crippen LogP contribution is 1.94. The molecule has 0 heterocycles. The van der Waals surface area contributed by atoms with Crippen LogP contribution >= 0.6 is 0 Å². The Morgan fingerprint density at radius 1 is 1.58 bits per heavy atom. The number of hydrogen-bond donors (Lipinski definition) is 3. The van der Waals surface area contributed by atoms with E-state index in [1.165, 1.54) is 0 Å². The van der Waals surface area contributed by atoms with E-state index in [1.807, 2.05) is 6.92 Å². The van der Waals surface area contributed by atoms with Crippen LogP contribution in [0.15, 0.2) is 0 Å². The Hall–Kier alpha value is -0.610. The van der Waals surface area contributed by atoms with Crippen molar-refractivity contribution in [1.82, 2.24) is 10.6 Å². The summed E-state index contributed by atoms with van der Waals surface area (Å²) in [5.74, 6) is -0.0219. The Bertz CT molecular complexity index is 128. The van der Waals surface area contributed by atoms with E-state index in [0.717, 1.165) is 6.42 Å². The fourth-order valence-electron chi connectivity index (χ4n) is 0.932. The molecule has 0 aromatic carbocycles. The van der Waals surface area contributed by atoms with E-state index in [0.29, 0.717) is 13.0 Å². The average molecular weight is 174 g/mol. The molecular formula is C8H18N2O2. The lowest BCUT2D eigenvalue weighted by Crippen LogP contribution is -2.38. The molecule has 72 valence electrons. The standard InChI is InChI=1S/C8H18N2O2/c1-3-7(4-5-11)10-6-8(12)9-2/h7,10-11H,3-6H2,1-2H3,(H,9,12). The van der Waals surface area contributed by atoms with Crippen molar-refractivity contribution in [2.24, 2.45) is 0 Å². The second-order valence-electron chi connectivity index (χ2n) is 2.67. The lowest BCUT2D eigenvalue weighted by molar-refractivity contribution is -0.119. The summed E-state index contributed by atoms with van der Waals surface area (Å²) in [7, 11) is 1.61. The predicted octanol–water partition coefficient (Wildman–Crippen LogP) is -0.517. The molecule has 4 nitrogen and oxygen atoms in total. The van der Waals surface area contributed by atoms with E-state index in [4.69, 9.17) is 5.11 Å². The molecule has 1 amide bonds. The molecule has 0 aliphatic heterocycles. The monoisotopic (exact) mass is 174 g/mol. The zero-order valence-corrected chi connectivity index (χ0v) is 7.76. The molecule has 1 unspecified atom stereocenters. The highest BCUT2D eigenvalue weighted by atomic mass is 16.3. The summed E-state index contributed by atoms with van der Waals surface area (Å²) in [6.45, 7) is 2.52. The van der Waals surface area contributed by atoms with Gasteiger partial charge in [0.15, 0.2) is 0 Å². The lowest BCUT2D eigenvalue weighted by atomic mass is 10.1. The minimum atomic E-state index is -0.0219. The largest absolute Gasteiger partial charge is 0.396 e. The van der Waals surface area contributed by atoms with Crippen molar-refractivity contribution in [2.75, 3.05) is 20.2 Å². The maximum atomic E-state index is 10.8. The van der Waals surface area contributed by atoms with Crippen molar-refractivity contribution in [3.63, 3.8) is 0 Å². The average Bonchev–Trinajstić information content (AvgIpc) is 2.11. The van der Waals surface area contributed by atoms with E-state index < -0.39 is 0 Å². The van der Waals surface area contributed by atoms with Crippen LogP contribution in [0.4, 0.5) is 0 Å². The lowest BCUT2D eigenvalue weighted by Gasteiger charge is -2.14. The number of hydrogen-bond acceptors (Lipinski definition) is 3. The van der Waals surface area contributed by atoms with Crippen LogP contribution < -0.4 is 10.6 Å². The molecule has 0 saturated heterocycles. The van der Waals surface area contributed by atoms with E-state index in [-0.39, 0.29) is 18.6 Å². The zero-order valence-electron chi connectivity index (χ0n) is 7.76. The highest BCUT2D eigenvalue weighted by Gasteiger charge is 2.05. The van der Waals surface area contributed by atoms with Gasteiger partial charge >= 0.3 is 0 Å². The Morgan fingerprint density at radius 2 is 2.25 bits per heavy atom. The van der Waals surface area contributed by atoms with Crippen molar-refractivity contribution < 1.29 is 9.90 Å². The van der Waals surface area contributed by atoms with Crippen molar-refractivity contribution in [3.05, 3.63) is 0 Å². The van der Waals surface area contributed by atoms with Crippen molar-refractivity contribution >= 4 is 5.91 Å². The van der Waals surface area contributed by atoms with Crippen molar-refractivity contribution in [3.8, 4) is 0 Å². The minimum absolute atomic E-state index is 0.0219. The van der Waals surface area contributed by atoms with Gasteiger partial charge in [0.2, 0.25) is 5.91 Å². The first kappa shape index (κ1) is 11.4. The van der Waals surface area contributed by atoms with Gasteiger partial charge in [-0.1, -0.05) is 6.92 Å². The molecule has 0 bridgehead atoms. The van der Waals surface area contributed by atoms with Gasteiger partial charge in [0.25, 0.3) is 0 Å². The second kappa shape index (κ2) is 7.06. The minimum Gasteiger partial charge on any atom is -0.396 e. The number of nitrogens with one attached hydrogen (secondary N) is 2. The number of rotatable bonds is 6. The molecule has 0 spiro atoms. The first-order valence-electron chi connectivity index (χ1n) is 4.29. The number of likely N-dealkylation sites (N-methyl/N-ethyl adjacent to an activating group) is 1. The summed E-state index contributed by atoms with van der Waals surface area (Å²) < 4.78 is 0. The maximum absolute atomic E-state index is 10.8. The molecule has 0 aromatic heterocycles. The van der Waals surface area contributed by atoms with E-state index >= 15 is 0 Å². The van der Waals surface area contributed by atoms with Gasteiger partial charge in [-0.05, 0) is 12.8 Å². The molecule has 0 aromatic rings. The van der Waals surface area contributed by atoms with Gasteiger partial charge in [0.1, 0.15) is 0 Å². The molecule has 4 heteroatoms. The quantitative estimate of drug-likeness (QED) is 0.508. The predicted molar refractivity (Wildman–Crippen MR) is 47.9 cm³/mol. The molecule has 0 fully saturated rings. The van der Waals surface area contributed by atoms with E-state index in [2.05, 4.69) is 10.6 Å². The third-order valence-corrected chi connectivity index (χ3v) is 1.80. The van der Waals surface area contributed by atoms with Crippen LogP contribution in [0.5, 0.6) is 0 Å². The van der Waals surface area contributed by atoms with E-state index in [1.54, 1.807) is 7.05 Å². The first-order chi connectivity index (χ1) is 5.74. The Morgan fingerprint density at radius 3 is 2.67 bits per heavy atom. The highest BCUT2D eigenvalue weighted by molar-refractivity contribution is 5.77. The third kappa shape index (κ3) is 5.09. The summed E-state index contributed by atoms with van der Waals surface area (Å²) in [5.41, 5.74) is 0. The second-order valence-corrected chi connectivity index (χ2v) is 2.67. The molecule has 3 N–H and O–H groups in total. The number of carbonyl (C=O) groups excluding carboxylic acids is 1. The zero-order chi connectivity index (χ0) is 9.40. The first-order valence-corrected chi connectivity index (χ1v) is 4.29. The molecule has 0 radical (unpaired) electrons. The van der Waals surface area contributed by atoms with Gasteiger partial charge in [-0.3, -0.25) is 4.79 Å². The Labute approximate surface area is 73.3 Å². The van der Waals surface area contributed by atoms with Crippen LogP contribution in [0.25, 0.3) is 0 Å². The number of aliphatic hydroxyl groups excluding tert-OH is 1. The van der Waals surface area contributed by atoms with Gasteiger partial charge in [-0.2, -0.15) is 0 Å². The molecule has 0 rings (SSSR count). The van der Waals surface area contributed by atoms with Crippen LogP contribution in [-0.2, 0) is 4.79 Å². The normalized spacial score (nSPS) is 12.6. The van der Waals surface area contributed by atoms with Gasteiger partial charge in [-0.25, -0.2) is 0 Å². The van der Waals surface area contributed by atoms with Gasteiger partial charge in [0, 0.05) is 19.7 Å². The third-order valence-electron chi connectivity index (χ3n) is 1.80. The van der Waals surface area contributed by atoms with Crippen LogP contribution in [0.3, 0.4) is 0 Å². The van der Waals surface area contributed by atoms with Gasteiger partial charge in [-0.15, -0.1) is 0 Å². The fraction of sp³-hybridized carbons (Fsp3) is 0.875. The molecule has 0 aliphatic rings. The van der Waals surface area contributed by atoms with Crippen LogP contribution in [-0.4, -0.2) is 37.3 Å². The number of amides is 1. The smallest absolute Gasteiger partial charge is 0.233 e. The number of carbonyl (C=O) groups is 1. The molecule has 0 saturated carbocycles. The molecule has 0 aliphatic carbocycles. The summed E-state index contributed by atoms with van der Waals surface area (Å²) in [4.78, 5) is 10.8. The SMILES string of the molecule is CCC(CCO)NCC(=O)NC. The fourth-order valence-corrected chi connectivity index (χ4v) is 0.932. The van der Waals surface area contributed by atoms with Crippen LogP contribution in [0.1, 0.15) is 19.8 Å².